The van der Waals surface area contributed by atoms with Crippen molar-refractivity contribution in [2.24, 2.45) is 5.41 Å². The van der Waals surface area contributed by atoms with Crippen molar-refractivity contribution in [2.75, 3.05) is 5.32 Å². The van der Waals surface area contributed by atoms with Crippen LogP contribution in [0.15, 0.2) is 72.9 Å². The Hall–Kier alpha value is -4.06. The summed E-state index contributed by atoms with van der Waals surface area (Å²) in [5.41, 5.74) is 3.97. The molecular formula is C32H36N4O2. The minimum atomic E-state index is -0.636. The number of anilines is 1. The zero-order chi connectivity index (χ0) is 27.6. The Balaban J connectivity index is 1.95. The van der Waals surface area contributed by atoms with Gasteiger partial charge in [-0.3, -0.25) is 14.6 Å². The average molecular weight is 509 g/mol. The summed E-state index contributed by atoms with van der Waals surface area (Å²) in [6.07, 6.45) is 1.71. The van der Waals surface area contributed by atoms with Crippen molar-refractivity contribution in [2.45, 2.75) is 60.5 Å². The second-order valence-corrected chi connectivity index (χ2v) is 11.1. The summed E-state index contributed by atoms with van der Waals surface area (Å²) in [4.78, 5) is 38.5. The number of rotatable bonds is 6. The van der Waals surface area contributed by atoms with Gasteiger partial charge in [0.15, 0.2) is 0 Å². The SMILES string of the molecule is CC(C)N(C(=O)c1ccccc1-c1ccnc(-c2ccc3ccccc3n2)c1NC(=O)C(C)(C)C)C(C)C. The second-order valence-electron chi connectivity index (χ2n) is 11.1. The van der Waals surface area contributed by atoms with Crippen molar-refractivity contribution >= 4 is 28.4 Å². The van der Waals surface area contributed by atoms with Crippen LogP contribution in [0.4, 0.5) is 5.69 Å². The van der Waals surface area contributed by atoms with Crippen LogP contribution in [-0.2, 0) is 4.79 Å². The molecule has 0 aliphatic carbocycles. The molecule has 196 valence electrons. The van der Waals surface area contributed by atoms with Gasteiger partial charge in [-0.15, -0.1) is 0 Å². The summed E-state index contributed by atoms with van der Waals surface area (Å²) in [6, 6.07) is 21.3. The van der Waals surface area contributed by atoms with Crippen LogP contribution < -0.4 is 5.32 Å². The number of benzene rings is 2. The van der Waals surface area contributed by atoms with Crippen LogP contribution in [0.3, 0.4) is 0 Å². The molecule has 0 saturated heterocycles. The highest BCUT2D eigenvalue weighted by molar-refractivity contribution is 6.07. The molecule has 1 N–H and O–H groups in total. The molecule has 0 fully saturated rings. The standard InChI is InChI=1S/C32H36N4O2/c1-20(2)36(21(3)4)30(37)25-14-10-9-13-23(25)24-18-19-33-29(28(24)35-31(38)32(5,6)7)27-17-16-22-12-8-11-15-26(22)34-27/h8-21H,1-7H3,(H,35,38). The lowest BCUT2D eigenvalue weighted by atomic mass is 9.93. The molecule has 6 nitrogen and oxygen atoms in total. The molecule has 2 aromatic carbocycles. The number of fused-ring (bicyclic) bond motifs is 1. The van der Waals surface area contributed by atoms with Crippen molar-refractivity contribution in [3.63, 3.8) is 0 Å². The molecule has 2 amide bonds. The van der Waals surface area contributed by atoms with Crippen LogP contribution in [0.2, 0.25) is 0 Å². The summed E-state index contributed by atoms with van der Waals surface area (Å²) in [5, 5.41) is 4.16. The van der Waals surface area contributed by atoms with Gasteiger partial charge in [0.25, 0.3) is 5.91 Å². The highest BCUT2D eigenvalue weighted by Crippen LogP contribution is 2.38. The van der Waals surface area contributed by atoms with E-state index in [1.807, 2.05) is 120 Å². The number of hydrogen-bond donors (Lipinski definition) is 1. The van der Waals surface area contributed by atoms with E-state index in [4.69, 9.17) is 4.98 Å². The van der Waals surface area contributed by atoms with Crippen molar-refractivity contribution in [3.8, 4) is 22.5 Å². The molecule has 0 spiro atoms. The number of pyridine rings is 2. The van der Waals surface area contributed by atoms with Gasteiger partial charge in [-0.25, -0.2) is 4.98 Å². The van der Waals surface area contributed by atoms with E-state index in [-0.39, 0.29) is 23.9 Å². The van der Waals surface area contributed by atoms with Gasteiger partial charge in [-0.1, -0.05) is 63.2 Å². The van der Waals surface area contributed by atoms with Crippen molar-refractivity contribution in [1.29, 1.82) is 0 Å². The van der Waals surface area contributed by atoms with Crippen LogP contribution in [0.1, 0.15) is 58.8 Å². The van der Waals surface area contributed by atoms with Crippen LogP contribution in [0.25, 0.3) is 33.4 Å². The molecule has 0 saturated carbocycles. The molecule has 0 unspecified atom stereocenters. The quantitative estimate of drug-likeness (QED) is 0.299. The van der Waals surface area contributed by atoms with Crippen molar-refractivity contribution in [1.82, 2.24) is 14.9 Å². The van der Waals surface area contributed by atoms with E-state index in [2.05, 4.69) is 10.3 Å². The van der Waals surface area contributed by atoms with Crippen LogP contribution >= 0.6 is 0 Å². The van der Waals surface area contributed by atoms with Crippen molar-refractivity contribution in [3.05, 3.63) is 78.5 Å². The fourth-order valence-corrected chi connectivity index (χ4v) is 4.61. The van der Waals surface area contributed by atoms with E-state index in [0.717, 1.165) is 22.0 Å². The highest BCUT2D eigenvalue weighted by Gasteiger charge is 2.28. The normalized spacial score (nSPS) is 11.7. The number of hydrogen-bond acceptors (Lipinski definition) is 4. The number of carbonyl (C=O) groups excluding carboxylic acids is 2. The number of para-hydroxylation sites is 1. The minimum absolute atomic E-state index is 0.0328. The van der Waals surface area contributed by atoms with E-state index in [1.54, 1.807) is 6.20 Å². The zero-order valence-electron chi connectivity index (χ0n) is 23.2. The number of carbonyl (C=O) groups is 2. The van der Waals surface area contributed by atoms with Gasteiger partial charge in [-0.05, 0) is 57.5 Å². The first-order chi connectivity index (χ1) is 18.0. The number of nitrogens with one attached hydrogen (secondary N) is 1. The molecule has 4 rings (SSSR count). The van der Waals surface area contributed by atoms with Gasteiger partial charge in [0.2, 0.25) is 5.91 Å². The number of nitrogens with zero attached hydrogens (tertiary/aromatic N) is 3. The monoisotopic (exact) mass is 508 g/mol. The van der Waals surface area contributed by atoms with E-state index in [9.17, 15) is 9.59 Å². The van der Waals surface area contributed by atoms with E-state index < -0.39 is 5.41 Å². The second kappa shape index (κ2) is 10.7. The summed E-state index contributed by atoms with van der Waals surface area (Å²) in [7, 11) is 0. The maximum atomic E-state index is 13.8. The molecule has 0 bridgehead atoms. The van der Waals surface area contributed by atoms with E-state index in [1.165, 1.54) is 0 Å². The molecule has 38 heavy (non-hydrogen) atoms. The van der Waals surface area contributed by atoms with E-state index >= 15 is 0 Å². The number of amides is 2. The fourth-order valence-electron chi connectivity index (χ4n) is 4.61. The largest absolute Gasteiger partial charge is 0.334 e. The predicted octanol–water partition coefficient (Wildman–Crippen LogP) is 7.21. The Morgan fingerprint density at radius 3 is 2.16 bits per heavy atom. The average Bonchev–Trinajstić information content (AvgIpc) is 2.87. The number of aromatic nitrogens is 2. The fraction of sp³-hybridized carbons (Fsp3) is 0.312. The molecule has 2 heterocycles. The molecule has 2 aromatic heterocycles. The van der Waals surface area contributed by atoms with Gasteiger partial charge < -0.3 is 10.2 Å². The maximum Gasteiger partial charge on any atom is 0.254 e. The minimum Gasteiger partial charge on any atom is -0.334 e. The Labute approximate surface area is 225 Å². The lowest BCUT2D eigenvalue weighted by Gasteiger charge is -2.31. The Kier molecular flexibility index (Phi) is 7.63. The summed E-state index contributed by atoms with van der Waals surface area (Å²) >= 11 is 0. The zero-order valence-corrected chi connectivity index (χ0v) is 23.2. The third-order valence-corrected chi connectivity index (χ3v) is 6.51. The highest BCUT2D eigenvalue weighted by atomic mass is 16.2. The molecule has 6 heteroatoms. The van der Waals surface area contributed by atoms with Gasteiger partial charge in [0, 0.05) is 40.2 Å². The van der Waals surface area contributed by atoms with Crippen molar-refractivity contribution < 1.29 is 9.59 Å². The lowest BCUT2D eigenvalue weighted by molar-refractivity contribution is -0.123. The molecule has 0 radical (unpaired) electrons. The topological polar surface area (TPSA) is 75.2 Å². The van der Waals surface area contributed by atoms with Gasteiger partial charge in [0.05, 0.1) is 16.9 Å². The smallest absolute Gasteiger partial charge is 0.254 e. The Morgan fingerprint density at radius 2 is 1.47 bits per heavy atom. The van der Waals surface area contributed by atoms with Gasteiger partial charge >= 0.3 is 0 Å². The van der Waals surface area contributed by atoms with Crippen LogP contribution in [-0.4, -0.2) is 38.8 Å². The molecular weight excluding hydrogens is 472 g/mol. The van der Waals surface area contributed by atoms with E-state index in [0.29, 0.717) is 22.6 Å². The molecule has 0 aliphatic rings. The first-order valence-electron chi connectivity index (χ1n) is 13.1. The summed E-state index contributed by atoms with van der Waals surface area (Å²) < 4.78 is 0. The van der Waals surface area contributed by atoms with Gasteiger partial charge in [0.1, 0.15) is 5.69 Å². The molecule has 4 aromatic rings. The first-order valence-corrected chi connectivity index (χ1v) is 13.1. The molecule has 0 aliphatic heterocycles. The maximum absolute atomic E-state index is 13.8. The predicted molar refractivity (Wildman–Crippen MR) is 155 cm³/mol. The lowest BCUT2D eigenvalue weighted by Crippen LogP contribution is -2.42. The summed E-state index contributed by atoms with van der Waals surface area (Å²) in [5.74, 6) is -0.204. The Morgan fingerprint density at radius 1 is 0.816 bits per heavy atom. The Bertz CT molecular complexity index is 1480. The summed E-state index contributed by atoms with van der Waals surface area (Å²) in [6.45, 7) is 13.7. The molecule has 0 atom stereocenters. The van der Waals surface area contributed by atoms with Gasteiger partial charge in [-0.2, -0.15) is 0 Å². The van der Waals surface area contributed by atoms with Crippen LogP contribution in [0, 0.1) is 5.41 Å². The first kappa shape index (κ1) is 27.0. The van der Waals surface area contributed by atoms with Crippen LogP contribution in [0.5, 0.6) is 0 Å². The third kappa shape index (κ3) is 5.44. The third-order valence-electron chi connectivity index (χ3n) is 6.51.